The predicted octanol–water partition coefficient (Wildman–Crippen LogP) is 5.39. The fourth-order valence-corrected chi connectivity index (χ4v) is 4.23. The van der Waals surface area contributed by atoms with E-state index in [2.05, 4.69) is 12.6 Å². The third-order valence-electron chi connectivity index (χ3n) is 4.41. The highest BCUT2D eigenvalue weighted by atomic mass is 35.5. The van der Waals surface area contributed by atoms with Crippen molar-refractivity contribution in [2.24, 2.45) is 0 Å². The Morgan fingerprint density at radius 2 is 1.61 bits per heavy atom. The number of nitrogens with zero attached hydrogens (tertiary/aromatic N) is 2. The topological polar surface area (TPSA) is 139 Å². The minimum atomic E-state index is -4.01. The summed E-state index contributed by atoms with van der Waals surface area (Å²) in [6, 6.07) is 5.34. The summed E-state index contributed by atoms with van der Waals surface area (Å²) in [6.07, 6.45) is -1.72. The molecule has 0 heterocycles. The highest BCUT2D eigenvalue weighted by Gasteiger charge is 2.27. The maximum atomic E-state index is 14.5. The van der Waals surface area contributed by atoms with Crippen LogP contribution in [0, 0.1) is 26.0 Å². The molecule has 15 heteroatoms. The first-order valence-electron chi connectivity index (χ1n) is 9.02. The van der Waals surface area contributed by atoms with Gasteiger partial charge in [0.15, 0.2) is 0 Å². The van der Waals surface area contributed by atoms with Crippen LogP contribution in [-0.2, 0) is 19.0 Å². The normalized spacial score (nSPS) is 13.5. The maximum absolute atomic E-state index is 14.5. The Morgan fingerprint density at radius 3 is 2.15 bits per heavy atom. The molecule has 10 nitrogen and oxygen atoms in total. The average Bonchev–Trinajstić information content (AvgIpc) is 2.69. The van der Waals surface area contributed by atoms with Crippen molar-refractivity contribution in [1.29, 1.82) is 0 Å². The van der Waals surface area contributed by atoms with Gasteiger partial charge >= 0.3 is 0 Å². The maximum Gasteiger partial charge on any atom is 0.288 e. The molecular weight excluding hydrogens is 526 g/mol. The molecule has 0 radical (unpaired) electrons. The lowest BCUT2D eigenvalue weighted by Gasteiger charge is -2.22. The van der Waals surface area contributed by atoms with Gasteiger partial charge in [-0.15, -0.1) is 0 Å². The van der Waals surface area contributed by atoms with Crippen molar-refractivity contribution in [2.45, 2.75) is 25.0 Å². The molecule has 0 aliphatic carbocycles. The molecule has 2 aromatic rings. The molecule has 0 aliphatic heterocycles. The van der Waals surface area contributed by atoms with Crippen LogP contribution in [0.5, 0.6) is 0 Å². The van der Waals surface area contributed by atoms with E-state index in [4.69, 9.17) is 32.1 Å². The number of nitro benzene ring substituents is 2. The van der Waals surface area contributed by atoms with E-state index in [0.717, 1.165) is 24.5 Å². The fourth-order valence-electron chi connectivity index (χ4n) is 3.01. The number of benzene rings is 2. The van der Waals surface area contributed by atoms with Gasteiger partial charge in [-0.25, -0.2) is 4.39 Å². The Labute approximate surface area is 203 Å². The molecule has 0 saturated heterocycles. The Kier molecular flexibility index (Phi) is 9.40. The van der Waals surface area contributed by atoms with Gasteiger partial charge in [-0.05, 0) is 30.5 Å². The van der Waals surface area contributed by atoms with Crippen LogP contribution in [-0.4, -0.2) is 30.5 Å². The number of ether oxygens (including phenoxy) is 1. The molecule has 0 spiro atoms. The molecule has 0 unspecified atom stereocenters. The van der Waals surface area contributed by atoms with E-state index in [0.29, 0.717) is 0 Å². The Bertz CT molecular complexity index is 1170. The molecular formula is C18H17Cl2FN2O8S2. The molecule has 0 saturated carbocycles. The van der Waals surface area contributed by atoms with Gasteiger partial charge in [-0.1, -0.05) is 29.3 Å². The summed E-state index contributed by atoms with van der Waals surface area (Å²) >= 11 is 15.5. The van der Waals surface area contributed by atoms with Crippen LogP contribution in [0.2, 0.25) is 10.0 Å². The molecule has 0 aliphatic rings. The number of hydrogen-bond acceptors (Lipinski definition) is 9. The Morgan fingerprint density at radius 1 is 1.03 bits per heavy atom. The molecule has 0 fully saturated rings. The molecule has 33 heavy (non-hydrogen) atoms. The SMILES string of the molecule is CS(=O)(=O)O[C@@H](CC[C@H](OCS)c1cc([N+](=O)[O-])c(Cl)cc1F)c1ccc(Cl)c([N+](=O)[O-])c1. The molecule has 0 bridgehead atoms. The summed E-state index contributed by atoms with van der Waals surface area (Å²) in [7, 11) is -4.01. The summed E-state index contributed by atoms with van der Waals surface area (Å²) in [5, 5.41) is 21.8. The van der Waals surface area contributed by atoms with E-state index < -0.39 is 54.4 Å². The van der Waals surface area contributed by atoms with Crippen LogP contribution in [0.4, 0.5) is 15.8 Å². The summed E-state index contributed by atoms with van der Waals surface area (Å²) in [4.78, 5) is 20.9. The first-order chi connectivity index (χ1) is 15.3. The molecule has 0 aromatic heterocycles. The van der Waals surface area contributed by atoms with Crippen molar-refractivity contribution in [3.8, 4) is 0 Å². The molecule has 0 amide bonds. The molecule has 2 aromatic carbocycles. The zero-order valence-electron chi connectivity index (χ0n) is 16.8. The van der Waals surface area contributed by atoms with E-state index >= 15 is 0 Å². The van der Waals surface area contributed by atoms with Gasteiger partial charge in [0.25, 0.3) is 21.5 Å². The van der Waals surface area contributed by atoms with E-state index in [-0.39, 0.29) is 34.9 Å². The van der Waals surface area contributed by atoms with Crippen molar-refractivity contribution in [1.82, 2.24) is 0 Å². The largest absolute Gasteiger partial charge is 0.363 e. The second-order valence-corrected chi connectivity index (χ2v) is 9.37. The van der Waals surface area contributed by atoms with Crippen LogP contribution in [0.15, 0.2) is 30.3 Å². The summed E-state index contributed by atoms with van der Waals surface area (Å²) in [5.41, 5.74) is -1.07. The van der Waals surface area contributed by atoms with Gasteiger partial charge in [-0.3, -0.25) is 24.4 Å². The van der Waals surface area contributed by atoms with E-state index in [1.54, 1.807) is 0 Å². The van der Waals surface area contributed by atoms with Crippen LogP contribution in [0.3, 0.4) is 0 Å². The lowest BCUT2D eigenvalue weighted by Crippen LogP contribution is -2.14. The first-order valence-corrected chi connectivity index (χ1v) is 12.2. The Balaban J connectivity index is 2.42. The standard InChI is InChI=1S/C18H17Cl2FN2O8S2/c1-33(28,29)31-17(10-2-3-12(19)15(6-10)22(24)25)4-5-18(30-9-32)11-7-16(23(26)27)13(20)8-14(11)21/h2-3,6-8,17-18,32H,4-5,9H2,1H3/t17-,18-/m0/s1. The lowest BCUT2D eigenvalue weighted by atomic mass is 9.98. The highest BCUT2D eigenvalue weighted by Crippen LogP contribution is 2.37. The van der Waals surface area contributed by atoms with Crippen molar-refractivity contribution in [2.75, 3.05) is 12.2 Å². The monoisotopic (exact) mass is 542 g/mol. The van der Waals surface area contributed by atoms with Crippen molar-refractivity contribution in [3.05, 3.63) is 77.5 Å². The number of nitro groups is 2. The van der Waals surface area contributed by atoms with Crippen LogP contribution < -0.4 is 0 Å². The number of halogens is 3. The van der Waals surface area contributed by atoms with Crippen LogP contribution in [0.25, 0.3) is 0 Å². The van der Waals surface area contributed by atoms with Crippen LogP contribution in [0.1, 0.15) is 36.2 Å². The van der Waals surface area contributed by atoms with Gasteiger partial charge in [-0.2, -0.15) is 21.0 Å². The zero-order chi connectivity index (χ0) is 24.9. The second kappa shape index (κ2) is 11.4. The lowest BCUT2D eigenvalue weighted by molar-refractivity contribution is -0.385. The van der Waals surface area contributed by atoms with Gasteiger partial charge in [0.05, 0.1) is 28.1 Å². The highest BCUT2D eigenvalue weighted by molar-refractivity contribution is 7.86. The summed E-state index contributed by atoms with van der Waals surface area (Å²) in [6.45, 7) is 0. The average molecular weight is 543 g/mol. The molecule has 2 atom stereocenters. The van der Waals surface area contributed by atoms with E-state index in [1.165, 1.54) is 12.1 Å². The third kappa shape index (κ3) is 7.48. The smallest absolute Gasteiger partial charge is 0.288 e. The van der Waals surface area contributed by atoms with E-state index in [9.17, 15) is 33.0 Å². The van der Waals surface area contributed by atoms with E-state index in [1.807, 2.05) is 0 Å². The van der Waals surface area contributed by atoms with Gasteiger partial charge in [0, 0.05) is 17.7 Å². The number of thiol groups is 1. The zero-order valence-corrected chi connectivity index (χ0v) is 20.0. The quantitative estimate of drug-likeness (QED) is 0.131. The minimum absolute atomic E-state index is 0.0904. The van der Waals surface area contributed by atoms with Gasteiger partial charge in [0.2, 0.25) is 0 Å². The molecule has 0 N–H and O–H groups in total. The predicted molar refractivity (Wildman–Crippen MR) is 122 cm³/mol. The van der Waals surface area contributed by atoms with Crippen molar-refractivity contribution < 1.29 is 31.6 Å². The minimum Gasteiger partial charge on any atom is -0.363 e. The van der Waals surface area contributed by atoms with Gasteiger partial charge < -0.3 is 4.74 Å². The molecule has 180 valence electrons. The van der Waals surface area contributed by atoms with Crippen molar-refractivity contribution in [3.63, 3.8) is 0 Å². The van der Waals surface area contributed by atoms with Crippen molar-refractivity contribution >= 4 is 57.3 Å². The summed E-state index contributed by atoms with van der Waals surface area (Å²) in [5.74, 6) is -1.06. The summed E-state index contributed by atoms with van der Waals surface area (Å²) < 4.78 is 48.6. The Hall–Kier alpha value is -2.03. The van der Waals surface area contributed by atoms with Gasteiger partial charge in [0.1, 0.15) is 22.0 Å². The second-order valence-electron chi connectivity index (χ2n) is 6.70. The first kappa shape index (κ1) is 27.2. The van der Waals surface area contributed by atoms with Crippen LogP contribution >= 0.6 is 35.8 Å². The third-order valence-corrected chi connectivity index (χ3v) is 5.76. The fraction of sp³-hybridized carbons (Fsp3) is 0.333. The number of rotatable bonds is 11. The molecule has 2 rings (SSSR count). The number of hydrogen-bond donors (Lipinski definition) is 1.